The van der Waals surface area contributed by atoms with Gasteiger partial charge in [0.05, 0.1) is 27.5 Å². The first kappa shape index (κ1) is 21.6. The Labute approximate surface area is 181 Å². The zero-order valence-electron chi connectivity index (χ0n) is 17.7. The number of nitrogens with one attached hydrogen (secondary N) is 1. The van der Waals surface area contributed by atoms with E-state index in [1.54, 1.807) is 57.9 Å². The summed E-state index contributed by atoms with van der Waals surface area (Å²) in [7, 11) is 4.81. The summed E-state index contributed by atoms with van der Waals surface area (Å²) in [5.41, 5.74) is 5.61. The molecule has 0 heterocycles. The Bertz CT molecular complexity index is 1070. The summed E-state index contributed by atoms with van der Waals surface area (Å²) in [4.78, 5) is 12.2. The molecule has 0 saturated heterocycles. The van der Waals surface area contributed by atoms with Crippen LogP contribution in [0.3, 0.4) is 0 Å². The minimum absolute atomic E-state index is 0.292. The first-order valence-electron chi connectivity index (χ1n) is 9.61. The van der Waals surface area contributed by atoms with Crippen molar-refractivity contribution in [2.45, 2.75) is 0 Å². The van der Waals surface area contributed by atoms with Gasteiger partial charge in [0.25, 0.3) is 5.91 Å². The van der Waals surface area contributed by atoms with Gasteiger partial charge in [-0.05, 0) is 41.5 Å². The van der Waals surface area contributed by atoms with Crippen molar-refractivity contribution < 1.29 is 19.0 Å². The van der Waals surface area contributed by atoms with Crippen molar-refractivity contribution >= 4 is 24.3 Å². The van der Waals surface area contributed by atoms with Crippen molar-refractivity contribution in [1.29, 1.82) is 0 Å². The molecule has 6 heteroatoms. The first-order chi connectivity index (χ1) is 15.1. The standard InChI is InChI=1S/C25H24N2O4/c1-29-21-13-10-18(11-14-21)9-12-20-15-22(30-2)16-24(31-3)23(20)17-26-27-25(28)19-7-5-4-6-8-19/h4-17H,1-3H3,(H,27,28)/b12-9+,26-17+. The van der Waals surface area contributed by atoms with Crippen molar-refractivity contribution in [3.8, 4) is 17.2 Å². The SMILES string of the molecule is COc1ccc(/C=C/c2cc(OC)cc(OC)c2/C=N/NC(=O)c2ccccc2)cc1. The van der Waals surface area contributed by atoms with Gasteiger partial charge in [0.2, 0.25) is 0 Å². The number of benzene rings is 3. The van der Waals surface area contributed by atoms with Crippen LogP contribution in [-0.2, 0) is 0 Å². The van der Waals surface area contributed by atoms with Crippen LogP contribution < -0.4 is 19.6 Å². The lowest BCUT2D eigenvalue weighted by Gasteiger charge is -2.11. The summed E-state index contributed by atoms with van der Waals surface area (Å²) >= 11 is 0. The normalized spacial score (nSPS) is 10.9. The Kier molecular flexibility index (Phi) is 7.43. The third-order valence-corrected chi connectivity index (χ3v) is 4.57. The molecule has 6 nitrogen and oxygen atoms in total. The van der Waals surface area contributed by atoms with E-state index in [4.69, 9.17) is 14.2 Å². The van der Waals surface area contributed by atoms with Crippen LogP contribution in [0.5, 0.6) is 17.2 Å². The number of methoxy groups -OCH3 is 3. The van der Waals surface area contributed by atoms with Gasteiger partial charge in [-0.3, -0.25) is 4.79 Å². The molecule has 31 heavy (non-hydrogen) atoms. The molecule has 0 aliphatic carbocycles. The zero-order valence-corrected chi connectivity index (χ0v) is 17.7. The number of amides is 1. The molecule has 0 saturated carbocycles. The highest BCUT2D eigenvalue weighted by atomic mass is 16.5. The molecular formula is C25H24N2O4. The first-order valence-corrected chi connectivity index (χ1v) is 9.61. The topological polar surface area (TPSA) is 69.2 Å². The van der Waals surface area contributed by atoms with Crippen molar-refractivity contribution in [2.75, 3.05) is 21.3 Å². The van der Waals surface area contributed by atoms with Crippen molar-refractivity contribution in [2.24, 2.45) is 5.10 Å². The van der Waals surface area contributed by atoms with Crippen molar-refractivity contribution in [1.82, 2.24) is 5.43 Å². The molecule has 3 aromatic rings. The highest BCUT2D eigenvalue weighted by Gasteiger charge is 2.10. The van der Waals surface area contributed by atoms with Crippen LogP contribution >= 0.6 is 0 Å². The number of carbonyl (C=O) groups is 1. The largest absolute Gasteiger partial charge is 0.497 e. The molecule has 0 aliphatic rings. The van der Waals surface area contributed by atoms with E-state index in [9.17, 15) is 4.79 Å². The van der Waals surface area contributed by atoms with Crippen molar-refractivity contribution in [3.05, 3.63) is 89.0 Å². The molecule has 0 fully saturated rings. The molecule has 0 bridgehead atoms. The highest BCUT2D eigenvalue weighted by Crippen LogP contribution is 2.29. The van der Waals surface area contributed by atoms with Crippen LogP contribution in [0.1, 0.15) is 27.0 Å². The fourth-order valence-corrected chi connectivity index (χ4v) is 2.90. The van der Waals surface area contributed by atoms with Crippen LogP contribution in [0.15, 0.2) is 71.8 Å². The maximum atomic E-state index is 12.2. The van der Waals surface area contributed by atoms with Crippen LogP contribution in [0, 0.1) is 0 Å². The molecule has 1 N–H and O–H groups in total. The maximum Gasteiger partial charge on any atom is 0.271 e. The average Bonchev–Trinajstić information content (AvgIpc) is 2.83. The number of hydrogen-bond acceptors (Lipinski definition) is 5. The van der Waals surface area contributed by atoms with Crippen LogP contribution in [-0.4, -0.2) is 33.5 Å². The maximum absolute atomic E-state index is 12.2. The molecule has 3 rings (SSSR count). The zero-order chi connectivity index (χ0) is 22.1. The molecule has 0 atom stereocenters. The number of rotatable bonds is 8. The third kappa shape index (κ3) is 5.73. The Morgan fingerprint density at radius 2 is 1.55 bits per heavy atom. The molecule has 0 radical (unpaired) electrons. The lowest BCUT2D eigenvalue weighted by atomic mass is 10.0. The molecule has 3 aromatic carbocycles. The van der Waals surface area contributed by atoms with Gasteiger partial charge in [0.15, 0.2) is 0 Å². The van der Waals surface area contributed by atoms with E-state index in [1.807, 2.05) is 48.6 Å². The Morgan fingerprint density at radius 3 is 2.19 bits per heavy atom. The quantitative estimate of drug-likeness (QED) is 0.330. The van der Waals surface area contributed by atoms with Gasteiger partial charge >= 0.3 is 0 Å². The summed E-state index contributed by atoms with van der Waals surface area (Å²) in [6.45, 7) is 0. The van der Waals surface area contributed by atoms with Gasteiger partial charge in [-0.25, -0.2) is 5.43 Å². The molecule has 158 valence electrons. The second kappa shape index (κ2) is 10.6. The lowest BCUT2D eigenvalue weighted by molar-refractivity contribution is 0.0955. The molecule has 1 amide bonds. The minimum Gasteiger partial charge on any atom is -0.497 e. The summed E-state index contributed by atoms with van der Waals surface area (Å²) in [6, 6.07) is 20.3. The number of hydrogen-bond donors (Lipinski definition) is 1. The van der Waals surface area contributed by atoms with Crippen LogP contribution in [0.25, 0.3) is 12.2 Å². The van der Waals surface area contributed by atoms with E-state index in [2.05, 4.69) is 10.5 Å². The van der Waals surface area contributed by atoms with E-state index >= 15 is 0 Å². The smallest absolute Gasteiger partial charge is 0.271 e. The summed E-state index contributed by atoms with van der Waals surface area (Å²) < 4.78 is 16.1. The monoisotopic (exact) mass is 416 g/mol. The van der Waals surface area contributed by atoms with E-state index in [-0.39, 0.29) is 5.91 Å². The van der Waals surface area contributed by atoms with E-state index < -0.39 is 0 Å². The van der Waals surface area contributed by atoms with Crippen LogP contribution in [0.2, 0.25) is 0 Å². The Hall–Kier alpha value is -4.06. The molecule has 0 spiro atoms. The number of ether oxygens (including phenoxy) is 3. The van der Waals surface area contributed by atoms with Gasteiger partial charge in [0.1, 0.15) is 17.2 Å². The predicted octanol–water partition coefficient (Wildman–Crippen LogP) is 4.65. The highest BCUT2D eigenvalue weighted by molar-refractivity contribution is 5.96. The van der Waals surface area contributed by atoms with E-state index in [0.29, 0.717) is 22.6 Å². The minimum atomic E-state index is -0.292. The van der Waals surface area contributed by atoms with Crippen molar-refractivity contribution in [3.63, 3.8) is 0 Å². The molecular weight excluding hydrogens is 392 g/mol. The third-order valence-electron chi connectivity index (χ3n) is 4.57. The predicted molar refractivity (Wildman–Crippen MR) is 123 cm³/mol. The fourth-order valence-electron chi connectivity index (χ4n) is 2.90. The van der Waals surface area contributed by atoms with Gasteiger partial charge in [-0.15, -0.1) is 0 Å². The van der Waals surface area contributed by atoms with Gasteiger partial charge in [-0.1, -0.05) is 42.5 Å². The second-order valence-electron chi connectivity index (χ2n) is 6.50. The fraction of sp³-hybridized carbons (Fsp3) is 0.120. The van der Waals surface area contributed by atoms with E-state index in [0.717, 1.165) is 16.9 Å². The lowest BCUT2D eigenvalue weighted by Crippen LogP contribution is -2.17. The number of nitrogens with zero attached hydrogens (tertiary/aromatic N) is 1. The summed E-state index contributed by atoms with van der Waals surface area (Å²) in [5, 5.41) is 4.12. The van der Waals surface area contributed by atoms with E-state index in [1.165, 1.54) is 0 Å². The van der Waals surface area contributed by atoms with Gasteiger partial charge < -0.3 is 14.2 Å². The summed E-state index contributed by atoms with van der Waals surface area (Å²) in [6.07, 6.45) is 5.47. The average molecular weight is 416 g/mol. The Balaban J connectivity index is 1.88. The van der Waals surface area contributed by atoms with Gasteiger partial charge in [-0.2, -0.15) is 5.10 Å². The molecule has 0 aliphatic heterocycles. The second-order valence-corrected chi connectivity index (χ2v) is 6.50. The molecule has 0 aromatic heterocycles. The Morgan fingerprint density at radius 1 is 0.839 bits per heavy atom. The van der Waals surface area contributed by atoms with Gasteiger partial charge in [0, 0.05) is 17.2 Å². The number of carbonyl (C=O) groups excluding carboxylic acids is 1. The number of hydrazone groups is 1. The summed E-state index contributed by atoms with van der Waals surface area (Å²) in [5.74, 6) is 1.73. The molecule has 0 unspecified atom stereocenters. The van der Waals surface area contributed by atoms with Crippen LogP contribution in [0.4, 0.5) is 0 Å².